The Balaban J connectivity index is 1.93. The number of aryl methyl sites for hydroxylation is 2. The van der Waals surface area contributed by atoms with Gasteiger partial charge in [-0.1, -0.05) is 83.6 Å². The number of unbranched alkanes of at least 4 members (excludes halogenated alkanes) is 5. The van der Waals surface area contributed by atoms with Crippen LogP contribution in [0.3, 0.4) is 0 Å². The molecule has 0 aliphatic rings. The van der Waals surface area contributed by atoms with Crippen LogP contribution in [0.25, 0.3) is 0 Å². The Morgan fingerprint density at radius 1 is 0.614 bits per heavy atom. The molecule has 0 saturated heterocycles. The van der Waals surface area contributed by atoms with Gasteiger partial charge in [0.25, 0.3) is 11.8 Å². The Labute approximate surface area is 261 Å². The van der Waals surface area contributed by atoms with Crippen molar-refractivity contribution in [2.24, 2.45) is 5.92 Å². The number of aromatic hydroxyl groups is 2. The van der Waals surface area contributed by atoms with Gasteiger partial charge >= 0.3 is 0 Å². The molecule has 2 aromatic carbocycles. The van der Waals surface area contributed by atoms with Crippen LogP contribution >= 0.6 is 0 Å². The molecule has 10 nitrogen and oxygen atoms in total. The maximum Gasteiger partial charge on any atom is 0.273 e. The molecule has 0 saturated carbocycles. The molecule has 0 spiro atoms. The van der Waals surface area contributed by atoms with Crippen molar-refractivity contribution in [2.75, 3.05) is 0 Å². The molecule has 10 heteroatoms. The third-order valence-electron chi connectivity index (χ3n) is 7.66. The minimum Gasteiger partial charge on any atom is -0.507 e. The maximum atomic E-state index is 13.1. The molecule has 0 fully saturated rings. The molecular formula is C34H50N4O6. The highest BCUT2D eigenvalue weighted by Crippen LogP contribution is 2.24. The fraction of sp³-hybridized carbons (Fsp3) is 0.529. The normalized spacial score (nSPS) is 11.4. The van der Waals surface area contributed by atoms with Crippen LogP contribution in [-0.4, -0.2) is 33.8 Å². The fourth-order valence-corrected chi connectivity index (χ4v) is 5.12. The summed E-state index contributed by atoms with van der Waals surface area (Å²) in [5, 5.41) is 20.6. The summed E-state index contributed by atoms with van der Waals surface area (Å²) in [6, 6.07) is 9.85. The minimum absolute atomic E-state index is 0.0769. The quantitative estimate of drug-likeness (QED) is 0.0930. The van der Waals surface area contributed by atoms with Crippen molar-refractivity contribution in [3.8, 4) is 11.5 Å². The van der Waals surface area contributed by atoms with Crippen molar-refractivity contribution in [3.63, 3.8) is 0 Å². The predicted molar refractivity (Wildman–Crippen MR) is 171 cm³/mol. The molecule has 44 heavy (non-hydrogen) atoms. The van der Waals surface area contributed by atoms with Gasteiger partial charge in [-0.2, -0.15) is 0 Å². The lowest BCUT2D eigenvalue weighted by atomic mass is 9.94. The average Bonchev–Trinajstić information content (AvgIpc) is 3.01. The Hall–Kier alpha value is -4.08. The van der Waals surface area contributed by atoms with Gasteiger partial charge in [0.2, 0.25) is 11.8 Å². The third kappa shape index (κ3) is 11.9. The zero-order valence-electron chi connectivity index (χ0n) is 26.5. The lowest BCUT2D eigenvalue weighted by Crippen LogP contribution is -2.45. The Morgan fingerprint density at radius 2 is 1.11 bits per heavy atom. The summed E-state index contributed by atoms with van der Waals surface area (Å²) in [6.07, 6.45) is 10.3. The third-order valence-corrected chi connectivity index (χ3v) is 7.66. The Morgan fingerprint density at radius 3 is 1.64 bits per heavy atom. The van der Waals surface area contributed by atoms with E-state index in [-0.39, 0.29) is 35.0 Å². The molecule has 0 aliphatic carbocycles. The molecule has 4 amide bonds. The maximum absolute atomic E-state index is 13.1. The van der Waals surface area contributed by atoms with Crippen molar-refractivity contribution >= 4 is 23.6 Å². The van der Waals surface area contributed by atoms with Gasteiger partial charge in [0.15, 0.2) is 0 Å². The summed E-state index contributed by atoms with van der Waals surface area (Å²) < 4.78 is 0. The highest BCUT2D eigenvalue weighted by molar-refractivity contribution is 6.00. The van der Waals surface area contributed by atoms with Gasteiger partial charge in [0.05, 0.1) is 11.1 Å². The number of amides is 4. The van der Waals surface area contributed by atoms with Crippen molar-refractivity contribution in [2.45, 2.75) is 111 Å². The first-order valence-electron chi connectivity index (χ1n) is 16.0. The summed E-state index contributed by atoms with van der Waals surface area (Å²) in [7, 11) is 0. The number of hydrogen-bond donors (Lipinski definition) is 6. The topological polar surface area (TPSA) is 157 Å². The molecule has 1 atom stereocenters. The molecule has 242 valence electrons. The monoisotopic (exact) mass is 610 g/mol. The van der Waals surface area contributed by atoms with E-state index in [1.807, 2.05) is 13.8 Å². The first-order valence-corrected chi connectivity index (χ1v) is 16.0. The number of hydrogen-bond acceptors (Lipinski definition) is 6. The van der Waals surface area contributed by atoms with Crippen molar-refractivity contribution < 1.29 is 29.4 Å². The number of carbonyl (C=O) groups is 4. The Bertz CT molecular complexity index is 1230. The molecule has 0 radical (unpaired) electrons. The van der Waals surface area contributed by atoms with Gasteiger partial charge in [-0.25, -0.2) is 0 Å². The van der Waals surface area contributed by atoms with Gasteiger partial charge in [0, 0.05) is 12.3 Å². The van der Waals surface area contributed by atoms with E-state index >= 15 is 0 Å². The second-order valence-electron chi connectivity index (χ2n) is 11.2. The second-order valence-corrected chi connectivity index (χ2v) is 11.2. The average molecular weight is 611 g/mol. The van der Waals surface area contributed by atoms with Crippen LogP contribution in [0.15, 0.2) is 36.4 Å². The summed E-state index contributed by atoms with van der Waals surface area (Å²) >= 11 is 0. The first kappa shape index (κ1) is 36.1. The first-order chi connectivity index (χ1) is 21.2. The standard InChI is InChI=1S/C34H50N4O6/c1-4-7-10-11-17-26(32(42)36-38-34(44)31-25(16-9-6-3)19-13-22-28(31)40)20-14-23-29(41)35-37-33(43)30-24(15-8-5-2)18-12-21-27(30)39/h12-13,18-19,21-22,26,39-40H,4-11,14-17,20,23H2,1-3H3,(H,35,41)(H,36,42)(H,37,43)(H,38,44). The molecule has 2 rings (SSSR count). The number of nitrogens with one attached hydrogen (secondary N) is 4. The van der Waals surface area contributed by atoms with E-state index in [4.69, 9.17) is 0 Å². The van der Waals surface area contributed by atoms with E-state index in [0.717, 1.165) is 51.4 Å². The van der Waals surface area contributed by atoms with E-state index in [0.29, 0.717) is 43.2 Å². The van der Waals surface area contributed by atoms with Crippen LogP contribution in [0.2, 0.25) is 0 Å². The predicted octanol–water partition coefficient (Wildman–Crippen LogP) is 5.76. The van der Waals surface area contributed by atoms with E-state index in [1.165, 1.54) is 12.1 Å². The molecule has 6 N–H and O–H groups in total. The van der Waals surface area contributed by atoms with E-state index in [9.17, 15) is 29.4 Å². The van der Waals surface area contributed by atoms with Gasteiger partial charge in [-0.3, -0.25) is 40.9 Å². The highest BCUT2D eigenvalue weighted by atomic mass is 16.3. The number of hydrazine groups is 2. The van der Waals surface area contributed by atoms with Crippen LogP contribution in [0.1, 0.15) is 130 Å². The second kappa shape index (κ2) is 20.0. The zero-order valence-corrected chi connectivity index (χ0v) is 26.5. The van der Waals surface area contributed by atoms with Gasteiger partial charge in [-0.05, 0) is 68.2 Å². The zero-order chi connectivity index (χ0) is 32.3. The van der Waals surface area contributed by atoms with Crippen LogP contribution in [0, 0.1) is 5.92 Å². The molecule has 0 aromatic heterocycles. The molecule has 1 unspecified atom stereocenters. The smallest absolute Gasteiger partial charge is 0.273 e. The molecule has 0 heterocycles. The molecule has 2 aromatic rings. The molecule has 0 bridgehead atoms. The lowest BCUT2D eigenvalue weighted by molar-refractivity contribution is -0.127. The van der Waals surface area contributed by atoms with Crippen molar-refractivity contribution in [3.05, 3.63) is 58.7 Å². The summed E-state index contributed by atoms with van der Waals surface area (Å²) in [4.78, 5) is 51.3. The van der Waals surface area contributed by atoms with E-state index in [1.54, 1.807) is 24.3 Å². The Kier molecular flexibility index (Phi) is 16.4. The van der Waals surface area contributed by atoms with Crippen molar-refractivity contribution in [1.82, 2.24) is 21.7 Å². The highest BCUT2D eigenvalue weighted by Gasteiger charge is 2.22. The summed E-state index contributed by atoms with van der Waals surface area (Å²) in [5.74, 6) is -2.65. The SMILES string of the molecule is CCCCCCC(CCCC(=O)NNC(=O)c1c(O)cccc1CCCC)C(=O)NNC(=O)c1c(O)cccc1CCCC. The van der Waals surface area contributed by atoms with Crippen LogP contribution in [-0.2, 0) is 22.4 Å². The van der Waals surface area contributed by atoms with E-state index in [2.05, 4.69) is 28.6 Å². The summed E-state index contributed by atoms with van der Waals surface area (Å²) in [6.45, 7) is 6.19. The molecular weight excluding hydrogens is 560 g/mol. The van der Waals surface area contributed by atoms with Crippen LogP contribution < -0.4 is 21.7 Å². The van der Waals surface area contributed by atoms with E-state index < -0.39 is 23.6 Å². The number of phenolic OH excluding ortho intramolecular Hbond substituents is 2. The van der Waals surface area contributed by atoms with Gasteiger partial charge in [-0.15, -0.1) is 0 Å². The fourth-order valence-electron chi connectivity index (χ4n) is 5.12. The number of carbonyl (C=O) groups excluding carboxylic acids is 4. The van der Waals surface area contributed by atoms with Crippen molar-refractivity contribution in [1.29, 1.82) is 0 Å². The largest absolute Gasteiger partial charge is 0.507 e. The van der Waals surface area contributed by atoms with Gasteiger partial charge in [0.1, 0.15) is 11.5 Å². The van der Waals surface area contributed by atoms with Gasteiger partial charge < -0.3 is 10.2 Å². The number of rotatable bonds is 18. The number of phenols is 2. The molecule has 0 aliphatic heterocycles. The summed E-state index contributed by atoms with van der Waals surface area (Å²) in [5.41, 5.74) is 11.5. The minimum atomic E-state index is -0.589. The van der Waals surface area contributed by atoms with Crippen LogP contribution in [0.5, 0.6) is 11.5 Å². The van der Waals surface area contributed by atoms with Crippen LogP contribution in [0.4, 0.5) is 0 Å². The lowest BCUT2D eigenvalue weighted by Gasteiger charge is -2.18. The number of benzene rings is 2.